The van der Waals surface area contributed by atoms with Crippen molar-refractivity contribution in [2.45, 2.75) is 25.0 Å². The van der Waals surface area contributed by atoms with Crippen molar-refractivity contribution in [3.63, 3.8) is 0 Å². The molecule has 0 aromatic rings. The number of carbonyl (C=O) groups is 1. The van der Waals surface area contributed by atoms with Gasteiger partial charge in [-0.05, 0) is 6.92 Å². The number of azo groups is 1. The zero-order chi connectivity index (χ0) is 7.84. The lowest BCUT2D eigenvalue weighted by molar-refractivity contribution is 0.218. The molecule has 2 heterocycles. The van der Waals surface area contributed by atoms with Gasteiger partial charge in [-0.25, -0.2) is 4.79 Å². The quantitative estimate of drug-likeness (QED) is 0.502. The SMILES string of the molecule is CC1NC(=O)NC2CN=NC12. The molecule has 11 heavy (non-hydrogen) atoms. The average Bonchev–Trinajstić information content (AvgIpc) is 2.34. The lowest BCUT2D eigenvalue weighted by atomic mass is 10.0. The highest BCUT2D eigenvalue weighted by Crippen LogP contribution is 2.15. The van der Waals surface area contributed by atoms with Crippen LogP contribution in [0.4, 0.5) is 4.79 Å². The predicted molar refractivity (Wildman–Crippen MR) is 38.4 cm³/mol. The number of hydrogen-bond acceptors (Lipinski definition) is 3. The molecule has 0 aromatic heterocycles. The molecule has 1 saturated heterocycles. The number of carbonyl (C=O) groups excluding carboxylic acids is 1. The normalized spacial score (nSPS) is 41.2. The van der Waals surface area contributed by atoms with Gasteiger partial charge in [-0.1, -0.05) is 0 Å². The van der Waals surface area contributed by atoms with Crippen LogP contribution in [0.1, 0.15) is 6.92 Å². The Labute approximate surface area is 64.3 Å². The summed E-state index contributed by atoms with van der Waals surface area (Å²) in [6.45, 7) is 2.57. The summed E-state index contributed by atoms with van der Waals surface area (Å²) in [5.41, 5.74) is 0. The van der Waals surface area contributed by atoms with Crippen molar-refractivity contribution < 1.29 is 4.79 Å². The van der Waals surface area contributed by atoms with Crippen LogP contribution in [0.3, 0.4) is 0 Å². The van der Waals surface area contributed by atoms with Crippen LogP contribution in [0.25, 0.3) is 0 Å². The maximum atomic E-state index is 10.9. The summed E-state index contributed by atoms with van der Waals surface area (Å²) in [5.74, 6) is 0. The first-order chi connectivity index (χ1) is 5.27. The largest absolute Gasteiger partial charge is 0.333 e. The van der Waals surface area contributed by atoms with Gasteiger partial charge < -0.3 is 10.6 Å². The Bertz CT molecular complexity index is 215. The summed E-state index contributed by atoms with van der Waals surface area (Å²) in [6, 6.07) is 0.262. The van der Waals surface area contributed by atoms with Crippen LogP contribution in [0.15, 0.2) is 10.2 Å². The molecule has 3 unspecified atom stereocenters. The van der Waals surface area contributed by atoms with E-state index in [1.54, 1.807) is 0 Å². The van der Waals surface area contributed by atoms with Crippen LogP contribution >= 0.6 is 0 Å². The zero-order valence-electron chi connectivity index (χ0n) is 6.24. The summed E-state index contributed by atoms with van der Waals surface area (Å²) in [4.78, 5) is 10.9. The van der Waals surface area contributed by atoms with E-state index in [1.165, 1.54) is 0 Å². The van der Waals surface area contributed by atoms with E-state index >= 15 is 0 Å². The molecule has 0 spiro atoms. The Hall–Kier alpha value is -1.13. The molecule has 3 atom stereocenters. The topological polar surface area (TPSA) is 65.8 Å². The Morgan fingerprint density at radius 1 is 1.55 bits per heavy atom. The lowest BCUT2D eigenvalue weighted by Gasteiger charge is -2.29. The predicted octanol–water partition coefficient (Wildman–Crippen LogP) is -0.109. The van der Waals surface area contributed by atoms with Crippen LogP contribution in [0.2, 0.25) is 0 Å². The molecule has 5 heteroatoms. The van der Waals surface area contributed by atoms with Crippen LogP contribution < -0.4 is 10.6 Å². The molecule has 2 N–H and O–H groups in total. The van der Waals surface area contributed by atoms with Crippen molar-refractivity contribution in [3.8, 4) is 0 Å². The molecule has 2 rings (SSSR count). The summed E-state index contributed by atoms with van der Waals surface area (Å²) in [5, 5.41) is 13.4. The fraction of sp³-hybridized carbons (Fsp3) is 0.833. The van der Waals surface area contributed by atoms with Crippen LogP contribution in [0.5, 0.6) is 0 Å². The first-order valence-electron chi connectivity index (χ1n) is 3.71. The Balaban J connectivity index is 2.14. The highest BCUT2D eigenvalue weighted by Gasteiger charge is 2.36. The van der Waals surface area contributed by atoms with E-state index in [9.17, 15) is 4.79 Å². The molecule has 60 valence electrons. The number of nitrogens with one attached hydrogen (secondary N) is 2. The monoisotopic (exact) mass is 154 g/mol. The van der Waals surface area contributed by atoms with Gasteiger partial charge in [0.05, 0.1) is 18.6 Å². The van der Waals surface area contributed by atoms with Crippen LogP contribution in [0, 0.1) is 0 Å². The van der Waals surface area contributed by atoms with Crippen molar-refractivity contribution in [2.24, 2.45) is 10.2 Å². The van der Waals surface area contributed by atoms with E-state index < -0.39 is 0 Å². The van der Waals surface area contributed by atoms with Crippen molar-refractivity contribution in [2.75, 3.05) is 6.54 Å². The lowest BCUT2D eigenvalue weighted by Crippen LogP contribution is -2.61. The number of amides is 2. The van der Waals surface area contributed by atoms with Gasteiger partial charge >= 0.3 is 6.03 Å². The number of fused-ring (bicyclic) bond motifs is 1. The number of urea groups is 1. The van der Waals surface area contributed by atoms with Gasteiger partial charge in [0.25, 0.3) is 0 Å². The van der Waals surface area contributed by atoms with Gasteiger partial charge in [0.15, 0.2) is 0 Å². The van der Waals surface area contributed by atoms with E-state index in [1.807, 2.05) is 6.92 Å². The zero-order valence-corrected chi connectivity index (χ0v) is 6.24. The van der Waals surface area contributed by atoms with E-state index in [-0.39, 0.29) is 24.2 Å². The smallest absolute Gasteiger partial charge is 0.315 e. The number of hydrogen-bond donors (Lipinski definition) is 2. The fourth-order valence-corrected chi connectivity index (χ4v) is 1.50. The van der Waals surface area contributed by atoms with Crippen molar-refractivity contribution in [1.82, 2.24) is 10.6 Å². The van der Waals surface area contributed by atoms with Crippen molar-refractivity contribution in [1.29, 1.82) is 0 Å². The third kappa shape index (κ3) is 0.961. The Kier molecular flexibility index (Phi) is 1.30. The van der Waals surface area contributed by atoms with Crippen molar-refractivity contribution in [3.05, 3.63) is 0 Å². The molecular formula is C6H10N4O. The Morgan fingerprint density at radius 2 is 2.36 bits per heavy atom. The minimum Gasteiger partial charge on any atom is -0.333 e. The molecule has 2 aliphatic heterocycles. The molecule has 0 saturated carbocycles. The van der Waals surface area contributed by atoms with Gasteiger partial charge in [0.1, 0.15) is 6.04 Å². The van der Waals surface area contributed by atoms with Crippen LogP contribution in [-0.4, -0.2) is 30.7 Å². The minimum atomic E-state index is -0.106. The van der Waals surface area contributed by atoms with Gasteiger partial charge in [-0.2, -0.15) is 10.2 Å². The second-order valence-corrected chi connectivity index (χ2v) is 2.94. The van der Waals surface area contributed by atoms with Gasteiger partial charge in [-0.3, -0.25) is 0 Å². The fourth-order valence-electron chi connectivity index (χ4n) is 1.50. The summed E-state index contributed by atoms with van der Waals surface area (Å²) in [7, 11) is 0. The third-order valence-electron chi connectivity index (χ3n) is 2.09. The van der Waals surface area contributed by atoms with E-state index in [4.69, 9.17) is 0 Å². The maximum absolute atomic E-state index is 10.9. The highest BCUT2D eigenvalue weighted by atomic mass is 16.2. The highest BCUT2D eigenvalue weighted by molar-refractivity contribution is 5.76. The standard InChI is InChI=1S/C6H10N4O/c1-3-5-4(2-7-10-5)9-6(11)8-3/h3-5H,2H2,1H3,(H2,8,9,11). The molecule has 0 radical (unpaired) electrons. The summed E-state index contributed by atoms with van der Waals surface area (Å²) in [6.07, 6.45) is 0. The second-order valence-electron chi connectivity index (χ2n) is 2.94. The van der Waals surface area contributed by atoms with Gasteiger partial charge in [0.2, 0.25) is 0 Å². The average molecular weight is 154 g/mol. The maximum Gasteiger partial charge on any atom is 0.315 e. The molecule has 2 aliphatic rings. The number of rotatable bonds is 0. The Morgan fingerprint density at radius 3 is 3.18 bits per heavy atom. The molecule has 0 bridgehead atoms. The van der Waals surface area contributed by atoms with Crippen molar-refractivity contribution >= 4 is 6.03 Å². The molecule has 0 aliphatic carbocycles. The third-order valence-corrected chi connectivity index (χ3v) is 2.09. The minimum absolute atomic E-state index is 0.106. The first kappa shape index (κ1) is 6.57. The van der Waals surface area contributed by atoms with E-state index in [0.717, 1.165) is 0 Å². The number of nitrogens with zero attached hydrogens (tertiary/aromatic N) is 2. The molecule has 5 nitrogen and oxygen atoms in total. The second kappa shape index (κ2) is 2.18. The first-order valence-corrected chi connectivity index (χ1v) is 3.71. The molecule has 2 amide bonds. The summed E-state index contributed by atoms with van der Waals surface area (Å²) < 4.78 is 0. The van der Waals surface area contributed by atoms with Crippen LogP contribution in [-0.2, 0) is 0 Å². The molecule has 1 fully saturated rings. The van der Waals surface area contributed by atoms with Gasteiger partial charge in [0, 0.05) is 0 Å². The van der Waals surface area contributed by atoms with E-state index in [0.29, 0.717) is 6.54 Å². The van der Waals surface area contributed by atoms with Gasteiger partial charge in [-0.15, -0.1) is 0 Å². The summed E-state index contributed by atoms with van der Waals surface area (Å²) >= 11 is 0. The van der Waals surface area contributed by atoms with E-state index in [2.05, 4.69) is 20.9 Å². The molecular weight excluding hydrogens is 144 g/mol. The molecule has 0 aromatic carbocycles.